The van der Waals surface area contributed by atoms with Crippen LogP contribution < -0.4 is 0 Å². The average Bonchev–Trinajstić information content (AvgIpc) is 2.47. The molecule has 1 unspecified atom stereocenters. The summed E-state index contributed by atoms with van der Waals surface area (Å²) < 4.78 is 0. The first-order valence-electron chi connectivity index (χ1n) is 6.38. The summed E-state index contributed by atoms with van der Waals surface area (Å²) in [6.07, 6.45) is 5.34. The molecule has 0 radical (unpaired) electrons. The monoisotopic (exact) mass is 361 g/mol. The van der Waals surface area contributed by atoms with E-state index in [2.05, 4.69) is 15.9 Å². The van der Waals surface area contributed by atoms with E-state index in [9.17, 15) is 4.79 Å². The maximum atomic E-state index is 12.7. The Kier molecular flexibility index (Phi) is 5.60. The van der Waals surface area contributed by atoms with E-state index in [1.54, 1.807) is 11.8 Å². The van der Waals surface area contributed by atoms with Crippen molar-refractivity contribution >= 4 is 45.2 Å². The lowest BCUT2D eigenvalue weighted by molar-refractivity contribution is 0.0642. The van der Waals surface area contributed by atoms with E-state index in [-0.39, 0.29) is 11.9 Å². The Morgan fingerprint density at radius 2 is 2.32 bits per heavy atom. The highest BCUT2D eigenvalue weighted by Gasteiger charge is 2.27. The van der Waals surface area contributed by atoms with Crippen LogP contribution in [0.2, 0.25) is 5.02 Å². The largest absolute Gasteiger partial charge is 0.335 e. The second-order valence-corrected chi connectivity index (χ2v) is 6.58. The van der Waals surface area contributed by atoms with Crippen LogP contribution in [0.4, 0.5) is 0 Å². The molecule has 1 aliphatic rings. The zero-order chi connectivity index (χ0) is 13.8. The molecule has 1 aromatic carbocycles. The third kappa shape index (κ3) is 3.47. The summed E-state index contributed by atoms with van der Waals surface area (Å²) in [4.78, 5) is 15.7. The number of hydrogen-bond donors (Lipinski definition) is 0. The number of piperidine rings is 1. The summed E-state index contributed by atoms with van der Waals surface area (Å²) in [6.45, 7) is 0.828. The maximum absolute atomic E-state index is 12.7. The molecule has 1 aromatic rings. The highest BCUT2D eigenvalue weighted by Crippen LogP contribution is 2.27. The topological polar surface area (TPSA) is 20.3 Å². The minimum Gasteiger partial charge on any atom is -0.335 e. The summed E-state index contributed by atoms with van der Waals surface area (Å²) >= 11 is 11.3. The summed E-state index contributed by atoms with van der Waals surface area (Å²) in [5.74, 6) is 0.0602. The van der Waals surface area contributed by atoms with Crippen LogP contribution in [0.5, 0.6) is 0 Å². The van der Waals surface area contributed by atoms with Crippen LogP contribution >= 0.6 is 39.3 Å². The normalized spacial score (nSPS) is 19.5. The lowest BCUT2D eigenvalue weighted by Crippen LogP contribution is -2.44. The molecule has 2 nitrogen and oxygen atoms in total. The Balaban J connectivity index is 2.27. The Morgan fingerprint density at radius 1 is 1.53 bits per heavy atom. The first kappa shape index (κ1) is 15.2. The molecule has 104 valence electrons. The highest BCUT2D eigenvalue weighted by molar-refractivity contribution is 9.09. The number of alkyl halides is 1. The molecular weight excluding hydrogens is 346 g/mol. The fraction of sp³-hybridized carbons (Fsp3) is 0.500. The molecule has 0 bridgehead atoms. The van der Waals surface area contributed by atoms with E-state index in [1.165, 1.54) is 6.42 Å². The molecule has 1 aliphatic heterocycles. The van der Waals surface area contributed by atoms with Gasteiger partial charge in [-0.1, -0.05) is 27.5 Å². The zero-order valence-electron chi connectivity index (χ0n) is 10.9. The van der Waals surface area contributed by atoms with E-state index in [0.29, 0.717) is 10.6 Å². The van der Waals surface area contributed by atoms with Gasteiger partial charge in [0.15, 0.2) is 0 Å². The van der Waals surface area contributed by atoms with Gasteiger partial charge in [0.05, 0.1) is 10.6 Å². The molecule has 1 fully saturated rings. The Bertz CT molecular complexity index is 469. The third-order valence-electron chi connectivity index (χ3n) is 3.47. The SMILES string of the molecule is CSc1ccc(Cl)c(C(=O)N2CCCCC2CBr)c1. The number of thioether (sulfide) groups is 1. The van der Waals surface area contributed by atoms with Gasteiger partial charge >= 0.3 is 0 Å². The minimum atomic E-state index is 0.0602. The van der Waals surface area contributed by atoms with Crippen molar-refractivity contribution < 1.29 is 4.79 Å². The molecule has 0 spiro atoms. The lowest BCUT2D eigenvalue weighted by atomic mass is 10.0. The van der Waals surface area contributed by atoms with Gasteiger partial charge in [0.1, 0.15) is 0 Å². The fourth-order valence-corrected chi connectivity index (χ4v) is 3.69. The Morgan fingerprint density at radius 3 is 3.00 bits per heavy atom. The molecule has 5 heteroatoms. The van der Waals surface area contributed by atoms with Gasteiger partial charge in [-0.15, -0.1) is 11.8 Å². The van der Waals surface area contributed by atoms with Crippen molar-refractivity contribution in [1.29, 1.82) is 0 Å². The molecule has 1 atom stereocenters. The zero-order valence-corrected chi connectivity index (χ0v) is 14.0. The summed E-state index contributed by atoms with van der Waals surface area (Å²) in [5.41, 5.74) is 0.626. The van der Waals surface area contributed by atoms with E-state index in [1.807, 2.05) is 29.4 Å². The average molecular weight is 363 g/mol. The number of halogens is 2. The number of hydrogen-bond acceptors (Lipinski definition) is 2. The van der Waals surface area contributed by atoms with Gasteiger partial charge in [-0.25, -0.2) is 0 Å². The highest BCUT2D eigenvalue weighted by atomic mass is 79.9. The number of amides is 1. The van der Waals surface area contributed by atoms with E-state index < -0.39 is 0 Å². The van der Waals surface area contributed by atoms with Gasteiger partial charge in [-0.3, -0.25) is 4.79 Å². The molecule has 2 rings (SSSR count). The maximum Gasteiger partial charge on any atom is 0.255 e. The van der Waals surface area contributed by atoms with Gasteiger partial charge < -0.3 is 4.90 Å². The van der Waals surface area contributed by atoms with Crippen LogP contribution in [0.25, 0.3) is 0 Å². The van der Waals surface area contributed by atoms with Crippen molar-refractivity contribution in [2.75, 3.05) is 18.1 Å². The van der Waals surface area contributed by atoms with Crippen molar-refractivity contribution in [3.63, 3.8) is 0 Å². The van der Waals surface area contributed by atoms with Crippen LogP contribution in [-0.4, -0.2) is 35.0 Å². The van der Waals surface area contributed by atoms with Crippen molar-refractivity contribution in [3.8, 4) is 0 Å². The quantitative estimate of drug-likeness (QED) is 0.585. The van der Waals surface area contributed by atoms with Crippen molar-refractivity contribution in [2.45, 2.75) is 30.2 Å². The van der Waals surface area contributed by atoms with Crippen molar-refractivity contribution in [2.24, 2.45) is 0 Å². The van der Waals surface area contributed by atoms with Crippen LogP contribution in [0.1, 0.15) is 29.6 Å². The molecule has 0 aromatic heterocycles. The second kappa shape index (κ2) is 7.00. The minimum absolute atomic E-state index is 0.0602. The van der Waals surface area contributed by atoms with Crippen LogP contribution in [0, 0.1) is 0 Å². The van der Waals surface area contributed by atoms with Crippen LogP contribution in [0.15, 0.2) is 23.1 Å². The third-order valence-corrected chi connectivity index (χ3v) is 5.27. The fourth-order valence-electron chi connectivity index (χ4n) is 2.38. The van der Waals surface area contributed by atoms with Crippen molar-refractivity contribution in [3.05, 3.63) is 28.8 Å². The standard InChI is InChI=1S/C14H17BrClNOS/c1-19-11-5-6-13(16)12(8-11)14(18)17-7-3-2-4-10(17)9-15/h5-6,8,10H,2-4,7,9H2,1H3. The number of nitrogens with zero attached hydrogens (tertiary/aromatic N) is 1. The predicted octanol–water partition coefficient (Wildman–Crippen LogP) is 4.45. The second-order valence-electron chi connectivity index (χ2n) is 4.65. The van der Waals surface area contributed by atoms with E-state index >= 15 is 0 Å². The number of carbonyl (C=O) groups is 1. The van der Waals surface area contributed by atoms with Gasteiger partial charge in [-0.05, 0) is 43.7 Å². The molecule has 1 saturated heterocycles. The molecule has 0 aliphatic carbocycles. The van der Waals surface area contributed by atoms with Gasteiger partial charge in [0.25, 0.3) is 5.91 Å². The van der Waals surface area contributed by atoms with Crippen molar-refractivity contribution in [1.82, 2.24) is 4.90 Å². The molecule has 19 heavy (non-hydrogen) atoms. The number of benzene rings is 1. The Hall–Kier alpha value is -0.190. The summed E-state index contributed by atoms with van der Waals surface area (Å²) in [5, 5.41) is 1.38. The number of likely N-dealkylation sites (tertiary alicyclic amines) is 1. The molecule has 0 saturated carbocycles. The van der Waals surface area contributed by atoms with Gasteiger partial charge in [0.2, 0.25) is 0 Å². The van der Waals surface area contributed by atoms with Crippen LogP contribution in [-0.2, 0) is 0 Å². The first-order valence-corrected chi connectivity index (χ1v) is 9.10. The molecule has 1 amide bonds. The number of carbonyl (C=O) groups excluding carboxylic acids is 1. The molecule has 0 N–H and O–H groups in total. The predicted molar refractivity (Wildman–Crippen MR) is 85.7 cm³/mol. The lowest BCUT2D eigenvalue weighted by Gasteiger charge is -2.35. The summed E-state index contributed by atoms with van der Waals surface area (Å²) in [6, 6.07) is 5.94. The van der Waals surface area contributed by atoms with E-state index in [4.69, 9.17) is 11.6 Å². The summed E-state index contributed by atoms with van der Waals surface area (Å²) in [7, 11) is 0. The molecular formula is C14H17BrClNOS. The van der Waals surface area contributed by atoms with Gasteiger partial charge in [-0.2, -0.15) is 0 Å². The Labute approximate surface area is 132 Å². The van der Waals surface area contributed by atoms with Gasteiger partial charge in [0, 0.05) is 22.8 Å². The van der Waals surface area contributed by atoms with Crippen LogP contribution in [0.3, 0.4) is 0 Å². The van der Waals surface area contributed by atoms with E-state index in [0.717, 1.165) is 29.6 Å². The molecule has 1 heterocycles. The number of rotatable bonds is 3. The smallest absolute Gasteiger partial charge is 0.255 e. The first-order chi connectivity index (χ1) is 9.17.